The zero-order chi connectivity index (χ0) is 15.4. The molecule has 3 N–H and O–H groups in total. The minimum Gasteiger partial charge on any atom is -0.335 e. The summed E-state index contributed by atoms with van der Waals surface area (Å²) in [5.41, 5.74) is 5.12. The average Bonchev–Trinajstić information content (AvgIpc) is 2.97. The van der Waals surface area contributed by atoms with E-state index in [-0.39, 0.29) is 5.91 Å². The van der Waals surface area contributed by atoms with E-state index in [4.69, 9.17) is 5.84 Å². The first kappa shape index (κ1) is 15.8. The highest BCUT2D eigenvalue weighted by Crippen LogP contribution is 2.27. The number of nitrogens with two attached hydrogens (primary N) is 1. The fraction of sp³-hybridized carbons (Fsp3) is 0.588. The third kappa shape index (κ3) is 3.76. The Hall–Kier alpha value is -1.55. The summed E-state index contributed by atoms with van der Waals surface area (Å²) in [7, 11) is 0. The molecular formula is C17H27N3O. The molecule has 0 spiro atoms. The zero-order valence-corrected chi connectivity index (χ0v) is 13.4. The number of nitrogens with one attached hydrogen (secondary N) is 1. The minimum absolute atomic E-state index is 0.104. The maximum absolute atomic E-state index is 13.0. The molecule has 0 atom stereocenters. The molecule has 1 amide bonds. The number of nitrogen functional groups attached to an aromatic ring is 1. The first-order valence-electron chi connectivity index (χ1n) is 7.91. The van der Waals surface area contributed by atoms with E-state index in [0.717, 1.165) is 24.9 Å². The SMILES string of the molecule is Cc1ccc(NN)c(C(=O)N(CC(C)C)C2CCCC2)c1. The maximum atomic E-state index is 13.0. The second-order valence-electron chi connectivity index (χ2n) is 6.48. The van der Waals surface area contributed by atoms with Crippen LogP contribution in [0, 0.1) is 12.8 Å². The van der Waals surface area contributed by atoms with Gasteiger partial charge in [0.1, 0.15) is 0 Å². The van der Waals surface area contributed by atoms with Gasteiger partial charge >= 0.3 is 0 Å². The molecule has 0 unspecified atom stereocenters. The van der Waals surface area contributed by atoms with Crippen molar-refractivity contribution in [3.63, 3.8) is 0 Å². The molecule has 0 heterocycles. The van der Waals surface area contributed by atoms with Gasteiger partial charge in [0.05, 0.1) is 11.3 Å². The summed E-state index contributed by atoms with van der Waals surface area (Å²) in [5.74, 6) is 6.14. The molecule has 0 saturated heterocycles. The quantitative estimate of drug-likeness (QED) is 0.646. The predicted octanol–water partition coefficient (Wildman–Crippen LogP) is 3.32. The highest BCUT2D eigenvalue weighted by molar-refractivity contribution is 6.00. The van der Waals surface area contributed by atoms with Gasteiger partial charge in [-0.3, -0.25) is 10.6 Å². The number of hydrazine groups is 1. The van der Waals surface area contributed by atoms with Crippen molar-refractivity contribution in [3.05, 3.63) is 29.3 Å². The van der Waals surface area contributed by atoms with Crippen LogP contribution in [0.3, 0.4) is 0 Å². The van der Waals surface area contributed by atoms with Gasteiger partial charge in [-0.1, -0.05) is 38.3 Å². The van der Waals surface area contributed by atoms with Crippen LogP contribution < -0.4 is 11.3 Å². The molecular weight excluding hydrogens is 262 g/mol. The fourth-order valence-electron chi connectivity index (χ4n) is 3.12. The number of carbonyl (C=O) groups is 1. The van der Waals surface area contributed by atoms with Crippen LogP contribution in [0.15, 0.2) is 18.2 Å². The van der Waals surface area contributed by atoms with E-state index in [1.54, 1.807) is 0 Å². The molecule has 1 saturated carbocycles. The van der Waals surface area contributed by atoms with E-state index < -0.39 is 0 Å². The smallest absolute Gasteiger partial charge is 0.256 e. The molecule has 0 aliphatic heterocycles. The highest BCUT2D eigenvalue weighted by atomic mass is 16.2. The Morgan fingerprint density at radius 3 is 2.62 bits per heavy atom. The van der Waals surface area contributed by atoms with Crippen LogP contribution in [-0.4, -0.2) is 23.4 Å². The Morgan fingerprint density at radius 1 is 1.38 bits per heavy atom. The van der Waals surface area contributed by atoms with Crippen LogP contribution in [0.2, 0.25) is 0 Å². The Balaban J connectivity index is 2.30. The van der Waals surface area contributed by atoms with Gasteiger partial charge in [0.2, 0.25) is 0 Å². The lowest BCUT2D eigenvalue weighted by molar-refractivity contribution is 0.0656. The first-order valence-corrected chi connectivity index (χ1v) is 7.91. The van der Waals surface area contributed by atoms with Crippen molar-refractivity contribution in [1.29, 1.82) is 0 Å². The average molecular weight is 289 g/mol. The number of carbonyl (C=O) groups excluding carboxylic acids is 1. The van der Waals surface area contributed by atoms with Gasteiger partial charge < -0.3 is 10.3 Å². The minimum atomic E-state index is 0.104. The number of nitrogens with zero attached hydrogens (tertiary/aromatic N) is 1. The van der Waals surface area contributed by atoms with Crippen molar-refractivity contribution in [2.75, 3.05) is 12.0 Å². The van der Waals surface area contributed by atoms with Gasteiger partial charge in [0.25, 0.3) is 5.91 Å². The van der Waals surface area contributed by atoms with Gasteiger partial charge in [-0.2, -0.15) is 0 Å². The van der Waals surface area contributed by atoms with Gasteiger partial charge in [0.15, 0.2) is 0 Å². The predicted molar refractivity (Wildman–Crippen MR) is 87.1 cm³/mol. The van der Waals surface area contributed by atoms with Crippen LogP contribution >= 0.6 is 0 Å². The molecule has 116 valence electrons. The molecule has 1 aliphatic rings. The molecule has 2 rings (SSSR count). The van der Waals surface area contributed by atoms with Gasteiger partial charge in [-0.25, -0.2) is 0 Å². The molecule has 4 heteroatoms. The Labute approximate surface area is 127 Å². The van der Waals surface area contributed by atoms with E-state index in [0.29, 0.717) is 23.2 Å². The van der Waals surface area contributed by atoms with E-state index in [1.165, 1.54) is 12.8 Å². The summed E-state index contributed by atoms with van der Waals surface area (Å²) < 4.78 is 0. The van der Waals surface area contributed by atoms with Crippen molar-refractivity contribution in [3.8, 4) is 0 Å². The third-order valence-electron chi connectivity index (χ3n) is 4.15. The monoisotopic (exact) mass is 289 g/mol. The maximum Gasteiger partial charge on any atom is 0.256 e. The number of rotatable bonds is 5. The van der Waals surface area contributed by atoms with E-state index in [2.05, 4.69) is 24.2 Å². The van der Waals surface area contributed by atoms with Crippen molar-refractivity contribution >= 4 is 11.6 Å². The summed E-state index contributed by atoms with van der Waals surface area (Å²) >= 11 is 0. The second-order valence-corrected chi connectivity index (χ2v) is 6.48. The van der Waals surface area contributed by atoms with Crippen LogP contribution in [0.4, 0.5) is 5.69 Å². The van der Waals surface area contributed by atoms with E-state index in [9.17, 15) is 4.79 Å². The van der Waals surface area contributed by atoms with Crippen molar-refractivity contribution in [1.82, 2.24) is 4.90 Å². The van der Waals surface area contributed by atoms with E-state index in [1.807, 2.05) is 25.1 Å². The Bertz CT molecular complexity index is 493. The van der Waals surface area contributed by atoms with Crippen LogP contribution in [0.25, 0.3) is 0 Å². The Morgan fingerprint density at radius 2 is 2.05 bits per heavy atom. The van der Waals surface area contributed by atoms with E-state index >= 15 is 0 Å². The summed E-state index contributed by atoms with van der Waals surface area (Å²) in [5, 5.41) is 0. The van der Waals surface area contributed by atoms with Crippen molar-refractivity contribution < 1.29 is 4.79 Å². The number of anilines is 1. The normalized spacial score (nSPS) is 15.5. The second kappa shape index (κ2) is 6.94. The fourth-order valence-corrected chi connectivity index (χ4v) is 3.12. The molecule has 0 bridgehead atoms. The number of hydrogen-bond donors (Lipinski definition) is 2. The largest absolute Gasteiger partial charge is 0.335 e. The topological polar surface area (TPSA) is 58.4 Å². The molecule has 1 aliphatic carbocycles. The molecule has 0 aromatic heterocycles. The molecule has 21 heavy (non-hydrogen) atoms. The van der Waals surface area contributed by atoms with Crippen molar-refractivity contribution in [2.24, 2.45) is 11.8 Å². The summed E-state index contributed by atoms with van der Waals surface area (Å²) in [6.45, 7) is 7.13. The molecule has 1 fully saturated rings. The van der Waals surface area contributed by atoms with Crippen LogP contribution in [-0.2, 0) is 0 Å². The highest BCUT2D eigenvalue weighted by Gasteiger charge is 2.29. The lowest BCUT2D eigenvalue weighted by atomic mass is 10.0. The van der Waals surface area contributed by atoms with Crippen molar-refractivity contribution in [2.45, 2.75) is 52.5 Å². The molecule has 0 radical (unpaired) electrons. The first-order chi connectivity index (χ1) is 10.0. The number of hydrogen-bond acceptors (Lipinski definition) is 3. The Kier molecular flexibility index (Phi) is 5.23. The summed E-state index contributed by atoms with van der Waals surface area (Å²) in [6.07, 6.45) is 4.69. The lowest BCUT2D eigenvalue weighted by Gasteiger charge is -2.31. The summed E-state index contributed by atoms with van der Waals surface area (Å²) in [4.78, 5) is 15.1. The number of aryl methyl sites for hydroxylation is 1. The van der Waals surface area contributed by atoms with Crippen LogP contribution in [0.5, 0.6) is 0 Å². The molecule has 1 aromatic rings. The summed E-state index contributed by atoms with van der Waals surface area (Å²) in [6, 6.07) is 6.16. The standard InChI is InChI=1S/C17H27N3O/c1-12(2)11-20(14-6-4-5-7-14)17(21)15-10-13(3)8-9-16(15)19-18/h8-10,12,14,19H,4-7,11,18H2,1-3H3. The van der Waals surface area contributed by atoms with Gasteiger partial charge in [-0.15, -0.1) is 0 Å². The molecule has 4 nitrogen and oxygen atoms in total. The number of amides is 1. The lowest BCUT2D eigenvalue weighted by Crippen LogP contribution is -2.41. The zero-order valence-electron chi connectivity index (χ0n) is 13.4. The van der Waals surface area contributed by atoms with Gasteiger partial charge in [0, 0.05) is 12.6 Å². The molecule has 1 aromatic carbocycles. The number of benzene rings is 1. The third-order valence-corrected chi connectivity index (χ3v) is 4.15. The van der Waals surface area contributed by atoms with Gasteiger partial charge in [-0.05, 0) is 37.8 Å². The van der Waals surface area contributed by atoms with Crippen LogP contribution in [0.1, 0.15) is 55.5 Å².